The third kappa shape index (κ3) is 13.1. The van der Waals surface area contributed by atoms with Crippen molar-refractivity contribution in [1.29, 1.82) is 0 Å². The van der Waals surface area contributed by atoms with Crippen LogP contribution in [0.2, 0.25) is 0 Å². The summed E-state index contributed by atoms with van der Waals surface area (Å²) in [6, 6.07) is 0. The van der Waals surface area contributed by atoms with Crippen molar-refractivity contribution in [3.63, 3.8) is 0 Å². The van der Waals surface area contributed by atoms with Crippen molar-refractivity contribution in [2.24, 2.45) is 5.41 Å². The molecule has 0 amide bonds. The minimum Gasteiger partial charge on any atom is -0.466 e. The predicted octanol–water partition coefficient (Wildman–Crippen LogP) is 5.04. The van der Waals surface area contributed by atoms with E-state index in [1.807, 2.05) is 27.7 Å². The maximum atomic E-state index is 11.7. The topological polar surface area (TPSA) is 52.6 Å². The van der Waals surface area contributed by atoms with Gasteiger partial charge in [0.2, 0.25) is 0 Å². The number of carbonyl (C=O) groups is 2. The lowest BCUT2D eigenvalue weighted by atomic mass is 9.90. The maximum Gasteiger partial charge on any atom is 0.306 e. The molecule has 0 heterocycles. The average molecular weight is 328 g/mol. The van der Waals surface area contributed by atoms with Crippen LogP contribution in [-0.4, -0.2) is 24.6 Å². The van der Waals surface area contributed by atoms with Gasteiger partial charge < -0.3 is 9.47 Å². The van der Waals surface area contributed by atoms with Crippen LogP contribution in [0.1, 0.15) is 92.4 Å². The highest BCUT2D eigenvalue weighted by Gasteiger charge is 2.23. The molecule has 4 nitrogen and oxygen atoms in total. The van der Waals surface area contributed by atoms with Crippen LogP contribution in [0.4, 0.5) is 0 Å². The maximum absolute atomic E-state index is 11.7. The summed E-state index contributed by atoms with van der Waals surface area (Å²) in [5.74, 6) is -0.339. The number of unbranched alkanes of at least 4 members (excludes halogenated alkanes) is 5. The second kappa shape index (κ2) is 12.4. The summed E-state index contributed by atoms with van der Waals surface area (Å²) >= 11 is 0. The van der Waals surface area contributed by atoms with E-state index in [-0.39, 0.29) is 23.5 Å². The number of ether oxygens (including phenoxy) is 2. The summed E-state index contributed by atoms with van der Waals surface area (Å²) < 4.78 is 10.6. The number of hydrogen-bond acceptors (Lipinski definition) is 4. The Morgan fingerprint density at radius 1 is 0.870 bits per heavy atom. The number of hydrogen-bond donors (Lipinski definition) is 0. The van der Waals surface area contributed by atoms with Crippen LogP contribution >= 0.6 is 0 Å². The molecule has 1 unspecified atom stereocenters. The first-order valence-corrected chi connectivity index (χ1v) is 9.12. The van der Waals surface area contributed by atoms with Gasteiger partial charge in [0.1, 0.15) is 6.10 Å². The second-order valence-electron chi connectivity index (χ2n) is 7.34. The van der Waals surface area contributed by atoms with Crippen molar-refractivity contribution in [2.75, 3.05) is 6.61 Å². The van der Waals surface area contributed by atoms with Crippen molar-refractivity contribution in [3.05, 3.63) is 0 Å². The number of rotatable bonds is 12. The summed E-state index contributed by atoms with van der Waals surface area (Å²) in [5, 5.41) is 0. The standard InChI is InChI=1S/C19H36O4/c1-6-7-8-9-12-15-22-17(20)13-10-11-14-18(21)23-16(2)19(3,4)5/h16H,6-15H2,1-5H3. The van der Waals surface area contributed by atoms with E-state index in [1.165, 1.54) is 19.3 Å². The zero-order valence-corrected chi connectivity index (χ0v) is 15.8. The van der Waals surface area contributed by atoms with Gasteiger partial charge in [0, 0.05) is 12.8 Å². The minimum absolute atomic E-state index is 0.0450. The summed E-state index contributed by atoms with van der Waals surface area (Å²) in [5.41, 5.74) is -0.0450. The molecule has 0 bridgehead atoms. The van der Waals surface area contributed by atoms with E-state index in [1.54, 1.807) is 0 Å². The van der Waals surface area contributed by atoms with Crippen LogP contribution in [0.5, 0.6) is 0 Å². The smallest absolute Gasteiger partial charge is 0.306 e. The Balaban J connectivity index is 3.56. The van der Waals surface area contributed by atoms with Gasteiger partial charge >= 0.3 is 11.9 Å². The molecule has 0 saturated heterocycles. The Morgan fingerprint density at radius 3 is 2.00 bits per heavy atom. The van der Waals surface area contributed by atoms with Gasteiger partial charge in [-0.15, -0.1) is 0 Å². The molecule has 0 aliphatic heterocycles. The molecule has 0 rings (SSSR count). The molecule has 0 spiro atoms. The van der Waals surface area contributed by atoms with E-state index in [9.17, 15) is 9.59 Å². The second-order valence-corrected chi connectivity index (χ2v) is 7.34. The molecule has 0 aromatic rings. The van der Waals surface area contributed by atoms with Crippen molar-refractivity contribution < 1.29 is 19.1 Å². The zero-order chi connectivity index (χ0) is 17.7. The van der Waals surface area contributed by atoms with Crippen LogP contribution in [0.3, 0.4) is 0 Å². The Bertz CT molecular complexity index is 331. The van der Waals surface area contributed by atoms with Gasteiger partial charge in [-0.2, -0.15) is 0 Å². The SMILES string of the molecule is CCCCCCCOC(=O)CCCCC(=O)OC(C)C(C)(C)C. The molecule has 0 saturated carbocycles. The highest BCUT2D eigenvalue weighted by Crippen LogP contribution is 2.22. The molecule has 23 heavy (non-hydrogen) atoms. The van der Waals surface area contributed by atoms with Crippen molar-refractivity contribution in [3.8, 4) is 0 Å². The van der Waals surface area contributed by atoms with Crippen LogP contribution < -0.4 is 0 Å². The highest BCUT2D eigenvalue weighted by atomic mass is 16.5. The first-order chi connectivity index (χ1) is 10.8. The molecule has 0 fully saturated rings. The molecule has 136 valence electrons. The Kier molecular flexibility index (Phi) is 11.8. The molecular weight excluding hydrogens is 292 g/mol. The fourth-order valence-electron chi connectivity index (χ4n) is 1.94. The minimum atomic E-state index is -0.184. The molecule has 0 aromatic carbocycles. The zero-order valence-electron chi connectivity index (χ0n) is 15.8. The molecule has 4 heteroatoms. The van der Waals surface area contributed by atoms with Crippen LogP contribution in [0, 0.1) is 5.41 Å². The molecule has 0 N–H and O–H groups in total. The van der Waals surface area contributed by atoms with Gasteiger partial charge in [0.25, 0.3) is 0 Å². The molecular formula is C19H36O4. The van der Waals surface area contributed by atoms with Gasteiger partial charge in [0.05, 0.1) is 6.61 Å². The molecule has 0 radical (unpaired) electrons. The molecule has 1 atom stereocenters. The van der Waals surface area contributed by atoms with Crippen LogP contribution in [0.15, 0.2) is 0 Å². The first-order valence-electron chi connectivity index (χ1n) is 9.12. The molecule has 0 aliphatic rings. The van der Waals surface area contributed by atoms with Crippen molar-refractivity contribution >= 4 is 11.9 Å². The lowest BCUT2D eigenvalue weighted by Crippen LogP contribution is -2.28. The molecule has 0 aromatic heterocycles. The van der Waals surface area contributed by atoms with Crippen molar-refractivity contribution in [2.45, 2.75) is 98.5 Å². The predicted molar refractivity (Wildman–Crippen MR) is 93.2 cm³/mol. The van der Waals surface area contributed by atoms with E-state index in [0.29, 0.717) is 32.3 Å². The van der Waals surface area contributed by atoms with Crippen molar-refractivity contribution in [1.82, 2.24) is 0 Å². The molecule has 0 aliphatic carbocycles. The Labute approximate surface area is 142 Å². The average Bonchev–Trinajstić information content (AvgIpc) is 2.46. The third-order valence-corrected chi connectivity index (χ3v) is 4.05. The number of esters is 2. The normalized spacial score (nSPS) is 12.7. The first kappa shape index (κ1) is 21.9. The fourth-order valence-corrected chi connectivity index (χ4v) is 1.94. The lowest BCUT2D eigenvalue weighted by Gasteiger charge is -2.26. The Morgan fingerprint density at radius 2 is 1.43 bits per heavy atom. The van der Waals surface area contributed by atoms with Gasteiger partial charge in [-0.1, -0.05) is 53.4 Å². The summed E-state index contributed by atoms with van der Waals surface area (Å²) in [7, 11) is 0. The van der Waals surface area contributed by atoms with Gasteiger partial charge in [-0.3, -0.25) is 9.59 Å². The summed E-state index contributed by atoms with van der Waals surface area (Å²) in [6.07, 6.45) is 7.74. The lowest BCUT2D eigenvalue weighted by molar-refractivity contribution is -0.153. The third-order valence-electron chi connectivity index (χ3n) is 4.05. The number of carbonyl (C=O) groups excluding carboxylic acids is 2. The van der Waals surface area contributed by atoms with Crippen LogP contribution in [0.25, 0.3) is 0 Å². The largest absolute Gasteiger partial charge is 0.466 e. The summed E-state index contributed by atoms with van der Waals surface area (Å²) in [6.45, 7) is 10.7. The fraction of sp³-hybridized carbons (Fsp3) is 0.895. The van der Waals surface area contributed by atoms with Gasteiger partial charge in [-0.25, -0.2) is 0 Å². The monoisotopic (exact) mass is 328 g/mol. The van der Waals surface area contributed by atoms with E-state index < -0.39 is 0 Å². The van der Waals surface area contributed by atoms with Gasteiger partial charge in [0.15, 0.2) is 0 Å². The highest BCUT2D eigenvalue weighted by molar-refractivity contribution is 5.70. The quantitative estimate of drug-likeness (QED) is 0.372. The van der Waals surface area contributed by atoms with E-state index in [4.69, 9.17) is 9.47 Å². The Hall–Kier alpha value is -1.06. The van der Waals surface area contributed by atoms with Gasteiger partial charge in [-0.05, 0) is 31.6 Å². The van der Waals surface area contributed by atoms with Crippen LogP contribution in [-0.2, 0) is 19.1 Å². The van der Waals surface area contributed by atoms with E-state index in [0.717, 1.165) is 12.8 Å². The summed E-state index contributed by atoms with van der Waals surface area (Å²) in [4.78, 5) is 23.3. The van der Waals surface area contributed by atoms with E-state index >= 15 is 0 Å². The van der Waals surface area contributed by atoms with E-state index in [2.05, 4.69) is 6.92 Å².